The van der Waals surface area contributed by atoms with Gasteiger partial charge in [0.25, 0.3) is 0 Å². The summed E-state index contributed by atoms with van der Waals surface area (Å²) in [6.45, 7) is 3.71. The van der Waals surface area contributed by atoms with Crippen molar-refractivity contribution in [3.63, 3.8) is 0 Å². The maximum atomic E-state index is 12.6. The van der Waals surface area contributed by atoms with Crippen molar-refractivity contribution >= 4 is 11.8 Å². The van der Waals surface area contributed by atoms with Gasteiger partial charge in [0, 0.05) is 12.0 Å². The van der Waals surface area contributed by atoms with Crippen molar-refractivity contribution in [2.24, 2.45) is 11.7 Å². The second-order valence-corrected chi connectivity index (χ2v) is 5.84. The number of amides is 2. The molecule has 0 aliphatic carbocycles. The predicted octanol–water partition coefficient (Wildman–Crippen LogP) is 2.44. The fourth-order valence-electron chi connectivity index (χ4n) is 2.72. The van der Waals surface area contributed by atoms with Crippen LogP contribution in [0.5, 0.6) is 0 Å². The van der Waals surface area contributed by atoms with Gasteiger partial charge in [-0.3, -0.25) is 9.59 Å². The highest BCUT2D eigenvalue weighted by atomic mass is 16.2. The van der Waals surface area contributed by atoms with Crippen molar-refractivity contribution in [1.82, 2.24) is 5.32 Å². The first kappa shape index (κ1) is 16.7. The van der Waals surface area contributed by atoms with Crippen LogP contribution in [-0.4, -0.2) is 17.9 Å². The van der Waals surface area contributed by atoms with Crippen LogP contribution >= 0.6 is 0 Å². The van der Waals surface area contributed by atoms with Crippen molar-refractivity contribution in [2.75, 3.05) is 0 Å². The van der Waals surface area contributed by atoms with Gasteiger partial charge in [-0.1, -0.05) is 60.7 Å². The van der Waals surface area contributed by atoms with Crippen LogP contribution in [0.25, 0.3) is 0 Å². The van der Waals surface area contributed by atoms with Crippen LogP contribution in [-0.2, 0) is 9.59 Å². The standard InChI is InChI=1S/C19H22N2O2/c1-13(2)21-19(23)17(18(20)22)16(14-9-5-3-6-10-14)15-11-7-4-8-12-15/h3-13,16-17H,1-2H3,(H2,20,22)(H,21,23). The lowest BCUT2D eigenvalue weighted by atomic mass is 9.79. The molecule has 0 saturated heterocycles. The number of hydrogen-bond acceptors (Lipinski definition) is 2. The van der Waals surface area contributed by atoms with Gasteiger partial charge in [0.05, 0.1) is 0 Å². The van der Waals surface area contributed by atoms with E-state index in [2.05, 4.69) is 5.32 Å². The third kappa shape index (κ3) is 4.19. The third-order valence-electron chi connectivity index (χ3n) is 3.67. The number of benzene rings is 2. The Morgan fingerprint density at radius 1 is 0.870 bits per heavy atom. The summed E-state index contributed by atoms with van der Waals surface area (Å²) in [4.78, 5) is 24.6. The maximum Gasteiger partial charge on any atom is 0.233 e. The van der Waals surface area contributed by atoms with E-state index in [1.165, 1.54) is 0 Å². The monoisotopic (exact) mass is 310 g/mol. The lowest BCUT2D eigenvalue weighted by Crippen LogP contribution is -2.44. The molecule has 4 heteroatoms. The number of nitrogens with two attached hydrogens (primary N) is 1. The Labute approximate surface area is 136 Å². The minimum absolute atomic E-state index is 0.0588. The Balaban J connectivity index is 2.50. The highest BCUT2D eigenvalue weighted by Crippen LogP contribution is 2.32. The second-order valence-electron chi connectivity index (χ2n) is 5.84. The van der Waals surface area contributed by atoms with Gasteiger partial charge in [0.15, 0.2) is 0 Å². The van der Waals surface area contributed by atoms with E-state index in [1.54, 1.807) is 0 Å². The SMILES string of the molecule is CC(C)NC(=O)C(C(N)=O)C(c1ccccc1)c1ccccc1. The molecule has 0 aliphatic rings. The van der Waals surface area contributed by atoms with Crippen LogP contribution in [0.2, 0.25) is 0 Å². The molecule has 120 valence electrons. The van der Waals surface area contributed by atoms with Crippen LogP contribution in [0.15, 0.2) is 60.7 Å². The van der Waals surface area contributed by atoms with Gasteiger partial charge in [0.2, 0.25) is 11.8 Å². The van der Waals surface area contributed by atoms with Gasteiger partial charge < -0.3 is 11.1 Å². The fraction of sp³-hybridized carbons (Fsp3) is 0.263. The Morgan fingerprint density at radius 3 is 1.65 bits per heavy atom. The minimum Gasteiger partial charge on any atom is -0.369 e. The number of nitrogens with one attached hydrogen (secondary N) is 1. The van der Waals surface area contributed by atoms with Gasteiger partial charge in [0.1, 0.15) is 5.92 Å². The summed E-state index contributed by atoms with van der Waals surface area (Å²) < 4.78 is 0. The molecule has 2 aromatic rings. The van der Waals surface area contributed by atoms with Crippen LogP contribution in [0.3, 0.4) is 0 Å². The highest BCUT2D eigenvalue weighted by molar-refractivity contribution is 6.01. The Hall–Kier alpha value is -2.62. The number of carbonyl (C=O) groups excluding carboxylic acids is 2. The van der Waals surface area contributed by atoms with Gasteiger partial charge in [-0.05, 0) is 25.0 Å². The van der Waals surface area contributed by atoms with Crippen molar-refractivity contribution in [3.05, 3.63) is 71.8 Å². The zero-order chi connectivity index (χ0) is 16.8. The summed E-state index contributed by atoms with van der Waals surface area (Å²) in [6.07, 6.45) is 0. The Morgan fingerprint density at radius 2 is 1.30 bits per heavy atom. The van der Waals surface area contributed by atoms with Crippen molar-refractivity contribution in [1.29, 1.82) is 0 Å². The van der Waals surface area contributed by atoms with Crippen molar-refractivity contribution in [2.45, 2.75) is 25.8 Å². The lowest BCUT2D eigenvalue weighted by molar-refractivity contribution is -0.134. The van der Waals surface area contributed by atoms with Crippen LogP contribution in [0.1, 0.15) is 30.9 Å². The first-order valence-corrected chi connectivity index (χ1v) is 7.70. The molecule has 0 aliphatic heterocycles. The summed E-state index contributed by atoms with van der Waals surface area (Å²) >= 11 is 0. The van der Waals surface area contributed by atoms with E-state index in [0.717, 1.165) is 11.1 Å². The summed E-state index contributed by atoms with van der Waals surface area (Å²) in [5.41, 5.74) is 7.37. The minimum atomic E-state index is -0.956. The van der Waals surface area contributed by atoms with E-state index in [0.29, 0.717) is 0 Å². The normalized spacial score (nSPS) is 12.2. The van der Waals surface area contributed by atoms with Gasteiger partial charge in [-0.2, -0.15) is 0 Å². The molecule has 3 N–H and O–H groups in total. The van der Waals surface area contributed by atoms with E-state index in [9.17, 15) is 9.59 Å². The molecule has 0 radical (unpaired) electrons. The first-order chi connectivity index (χ1) is 11.0. The number of primary amides is 1. The molecule has 2 amide bonds. The molecule has 23 heavy (non-hydrogen) atoms. The van der Waals surface area contributed by atoms with E-state index in [4.69, 9.17) is 5.73 Å². The predicted molar refractivity (Wildman–Crippen MR) is 90.7 cm³/mol. The summed E-state index contributed by atoms with van der Waals surface area (Å²) in [5.74, 6) is -2.33. The van der Waals surface area contributed by atoms with E-state index in [1.807, 2.05) is 74.5 Å². The molecule has 0 spiro atoms. The number of rotatable bonds is 6. The molecule has 2 rings (SSSR count). The molecule has 2 aromatic carbocycles. The lowest BCUT2D eigenvalue weighted by Gasteiger charge is -2.26. The van der Waals surface area contributed by atoms with Crippen LogP contribution in [0.4, 0.5) is 0 Å². The quantitative estimate of drug-likeness (QED) is 0.804. The molecular weight excluding hydrogens is 288 g/mol. The molecule has 0 fully saturated rings. The largest absolute Gasteiger partial charge is 0.369 e. The van der Waals surface area contributed by atoms with Gasteiger partial charge in [-0.25, -0.2) is 0 Å². The molecular formula is C19H22N2O2. The molecule has 0 aromatic heterocycles. The second kappa shape index (κ2) is 7.58. The zero-order valence-electron chi connectivity index (χ0n) is 13.4. The van der Waals surface area contributed by atoms with Crippen LogP contribution in [0, 0.1) is 5.92 Å². The van der Waals surface area contributed by atoms with Gasteiger partial charge in [-0.15, -0.1) is 0 Å². The van der Waals surface area contributed by atoms with Gasteiger partial charge >= 0.3 is 0 Å². The first-order valence-electron chi connectivity index (χ1n) is 7.70. The van der Waals surface area contributed by atoms with E-state index < -0.39 is 17.7 Å². The maximum absolute atomic E-state index is 12.6. The summed E-state index contributed by atoms with van der Waals surface area (Å²) in [7, 11) is 0. The molecule has 0 heterocycles. The Kier molecular flexibility index (Phi) is 5.52. The molecule has 1 atom stereocenters. The van der Waals surface area contributed by atoms with E-state index in [-0.39, 0.29) is 11.9 Å². The van der Waals surface area contributed by atoms with Crippen molar-refractivity contribution < 1.29 is 9.59 Å². The molecule has 0 bridgehead atoms. The summed E-state index contributed by atoms with van der Waals surface area (Å²) in [5, 5.41) is 2.80. The average molecular weight is 310 g/mol. The zero-order valence-corrected chi connectivity index (χ0v) is 13.4. The van der Waals surface area contributed by atoms with E-state index >= 15 is 0 Å². The Bertz CT molecular complexity index is 614. The smallest absolute Gasteiger partial charge is 0.233 e. The molecule has 1 unspecified atom stereocenters. The average Bonchev–Trinajstić information content (AvgIpc) is 2.53. The van der Waals surface area contributed by atoms with Crippen LogP contribution < -0.4 is 11.1 Å². The topological polar surface area (TPSA) is 72.2 Å². The molecule has 4 nitrogen and oxygen atoms in total. The van der Waals surface area contributed by atoms with Crippen molar-refractivity contribution in [3.8, 4) is 0 Å². The summed E-state index contributed by atoms with van der Waals surface area (Å²) in [6, 6.07) is 19.0. The highest BCUT2D eigenvalue weighted by Gasteiger charge is 2.35. The fourth-order valence-corrected chi connectivity index (χ4v) is 2.72. The number of hydrogen-bond donors (Lipinski definition) is 2. The third-order valence-corrected chi connectivity index (χ3v) is 3.67. The number of carbonyl (C=O) groups is 2. The molecule has 0 saturated carbocycles.